The van der Waals surface area contributed by atoms with Crippen molar-refractivity contribution in [2.45, 2.75) is 6.92 Å². The molecule has 0 heterocycles. The highest BCUT2D eigenvalue weighted by molar-refractivity contribution is 6.34. The molecule has 1 aromatic carbocycles. The molecule has 0 radical (unpaired) electrons. The molecule has 0 aliphatic heterocycles. The van der Waals surface area contributed by atoms with Gasteiger partial charge in [0.25, 0.3) is 0 Å². The van der Waals surface area contributed by atoms with Crippen LogP contribution in [0.2, 0.25) is 5.02 Å². The predicted octanol–water partition coefficient (Wildman–Crippen LogP) is 2.12. The summed E-state index contributed by atoms with van der Waals surface area (Å²) in [6.45, 7) is 1.41. The molecular formula is C12H14ClNO4. The van der Waals surface area contributed by atoms with E-state index >= 15 is 0 Å². The normalized spacial score (nSPS) is 9.83. The van der Waals surface area contributed by atoms with Crippen molar-refractivity contribution in [3.05, 3.63) is 22.7 Å². The average Bonchev–Trinajstić information content (AvgIpc) is 2.36. The molecule has 0 spiro atoms. The molecule has 0 saturated heterocycles. The number of hydrogen-bond donors (Lipinski definition) is 0. The second-order valence-corrected chi connectivity index (χ2v) is 3.98. The molecule has 0 N–H and O–H groups in total. The van der Waals surface area contributed by atoms with Crippen molar-refractivity contribution in [2.75, 3.05) is 26.2 Å². The Morgan fingerprint density at radius 3 is 2.33 bits per heavy atom. The Kier molecular flexibility index (Phi) is 4.55. The van der Waals surface area contributed by atoms with Crippen LogP contribution in [0.5, 0.6) is 5.75 Å². The summed E-state index contributed by atoms with van der Waals surface area (Å²) in [6.07, 6.45) is 0. The SMILES string of the molecule is COC(=O)c1cc(Cl)c(N(C)C(C)=O)cc1OC. The monoisotopic (exact) mass is 271 g/mol. The Morgan fingerprint density at radius 2 is 1.89 bits per heavy atom. The minimum atomic E-state index is -0.550. The van der Waals surface area contributed by atoms with Crippen LogP contribution in [0.25, 0.3) is 0 Å². The molecule has 6 heteroatoms. The van der Waals surface area contributed by atoms with Gasteiger partial charge in [-0.25, -0.2) is 4.79 Å². The van der Waals surface area contributed by atoms with Gasteiger partial charge >= 0.3 is 5.97 Å². The predicted molar refractivity (Wildman–Crippen MR) is 68.4 cm³/mol. The summed E-state index contributed by atoms with van der Waals surface area (Å²) >= 11 is 6.04. The van der Waals surface area contributed by atoms with Crippen LogP contribution >= 0.6 is 11.6 Å². The summed E-state index contributed by atoms with van der Waals surface area (Å²) in [7, 11) is 4.28. The molecule has 0 atom stereocenters. The summed E-state index contributed by atoms with van der Waals surface area (Å²) in [6, 6.07) is 2.94. The van der Waals surface area contributed by atoms with Crippen molar-refractivity contribution in [2.24, 2.45) is 0 Å². The van der Waals surface area contributed by atoms with Gasteiger partial charge in [-0.2, -0.15) is 0 Å². The summed E-state index contributed by atoms with van der Waals surface area (Å²) in [5.41, 5.74) is 0.680. The molecule has 0 fully saturated rings. The molecule has 18 heavy (non-hydrogen) atoms. The number of anilines is 1. The van der Waals surface area contributed by atoms with E-state index in [0.29, 0.717) is 11.4 Å². The number of ether oxygens (including phenoxy) is 2. The average molecular weight is 272 g/mol. The van der Waals surface area contributed by atoms with Crippen molar-refractivity contribution in [1.29, 1.82) is 0 Å². The van der Waals surface area contributed by atoms with E-state index in [9.17, 15) is 9.59 Å². The zero-order chi connectivity index (χ0) is 13.9. The van der Waals surface area contributed by atoms with Crippen LogP contribution < -0.4 is 9.64 Å². The molecule has 1 rings (SSSR count). The van der Waals surface area contributed by atoms with Crippen molar-refractivity contribution >= 4 is 29.2 Å². The molecule has 0 aromatic heterocycles. The van der Waals surface area contributed by atoms with E-state index in [0.717, 1.165) is 0 Å². The summed E-state index contributed by atoms with van der Waals surface area (Å²) in [4.78, 5) is 24.2. The first-order valence-electron chi connectivity index (χ1n) is 5.12. The third-order valence-electron chi connectivity index (χ3n) is 2.51. The zero-order valence-electron chi connectivity index (χ0n) is 10.6. The van der Waals surface area contributed by atoms with E-state index in [4.69, 9.17) is 16.3 Å². The fourth-order valence-electron chi connectivity index (χ4n) is 1.41. The Labute approximate surface area is 110 Å². The maximum atomic E-state index is 11.5. The van der Waals surface area contributed by atoms with Crippen LogP contribution in [-0.2, 0) is 9.53 Å². The van der Waals surface area contributed by atoms with Crippen LogP contribution in [0.1, 0.15) is 17.3 Å². The number of carbonyl (C=O) groups is 2. The first kappa shape index (κ1) is 14.3. The molecule has 1 aromatic rings. The lowest BCUT2D eigenvalue weighted by molar-refractivity contribution is -0.116. The molecular weight excluding hydrogens is 258 g/mol. The second kappa shape index (κ2) is 5.73. The van der Waals surface area contributed by atoms with Gasteiger partial charge in [0.05, 0.1) is 24.9 Å². The van der Waals surface area contributed by atoms with E-state index in [1.54, 1.807) is 7.05 Å². The molecule has 0 aliphatic rings. The van der Waals surface area contributed by atoms with E-state index in [-0.39, 0.29) is 16.5 Å². The van der Waals surface area contributed by atoms with E-state index in [1.807, 2.05) is 0 Å². The highest BCUT2D eigenvalue weighted by Gasteiger charge is 2.19. The first-order valence-corrected chi connectivity index (χ1v) is 5.50. The van der Waals surface area contributed by atoms with Crippen LogP contribution in [0, 0.1) is 0 Å². The van der Waals surface area contributed by atoms with Crippen LogP contribution in [-0.4, -0.2) is 33.1 Å². The molecule has 0 bridgehead atoms. The number of methoxy groups -OCH3 is 2. The van der Waals surface area contributed by atoms with Crippen molar-refractivity contribution in [3.8, 4) is 5.75 Å². The number of benzene rings is 1. The van der Waals surface area contributed by atoms with Gasteiger partial charge in [0.15, 0.2) is 0 Å². The number of esters is 1. The minimum absolute atomic E-state index is 0.176. The summed E-state index contributed by atoms with van der Waals surface area (Å²) in [5.74, 6) is -0.426. The Balaban J connectivity index is 3.35. The van der Waals surface area contributed by atoms with Gasteiger partial charge < -0.3 is 14.4 Å². The van der Waals surface area contributed by atoms with E-state index in [2.05, 4.69) is 4.74 Å². The molecule has 98 valence electrons. The minimum Gasteiger partial charge on any atom is -0.496 e. The highest BCUT2D eigenvalue weighted by Crippen LogP contribution is 2.33. The van der Waals surface area contributed by atoms with Gasteiger partial charge in [-0.15, -0.1) is 0 Å². The lowest BCUT2D eigenvalue weighted by Gasteiger charge is -2.18. The number of nitrogens with zero attached hydrogens (tertiary/aromatic N) is 1. The quantitative estimate of drug-likeness (QED) is 0.790. The maximum Gasteiger partial charge on any atom is 0.341 e. The second-order valence-electron chi connectivity index (χ2n) is 3.57. The molecule has 0 saturated carbocycles. The largest absolute Gasteiger partial charge is 0.496 e. The standard InChI is InChI=1S/C12H14ClNO4/c1-7(15)14(2)10-6-11(17-3)8(5-9(10)13)12(16)18-4/h5-6H,1-4H3. The third-order valence-corrected chi connectivity index (χ3v) is 2.81. The number of hydrogen-bond acceptors (Lipinski definition) is 4. The number of carbonyl (C=O) groups excluding carboxylic acids is 2. The molecule has 0 aliphatic carbocycles. The highest BCUT2D eigenvalue weighted by atomic mass is 35.5. The molecule has 0 unspecified atom stereocenters. The smallest absolute Gasteiger partial charge is 0.341 e. The Morgan fingerprint density at radius 1 is 1.28 bits per heavy atom. The number of halogens is 1. The van der Waals surface area contributed by atoms with Crippen molar-refractivity contribution in [3.63, 3.8) is 0 Å². The summed E-state index contributed by atoms with van der Waals surface area (Å²) in [5, 5.41) is 0.272. The van der Waals surface area contributed by atoms with Gasteiger partial charge in [-0.3, -0.25) is 4.79 Å². The van der Waals surface area contributed by atoms with Crippen LogP contribution in [0.4, 0.5) is 5.69 Å². The Bertz CT molecular complexity index is 487. The van der Waals surface area contributed by atoms with Crippen molar-refractivity contribution in [1.82, 2.24) is 0 Å². The maximum absolute atomic E-state index is 11.5. The third kappa shape index (κ3) is 2.73. The topological polar surface area (TPSA) is 55.8 Å². The lowest BCUT2D eigenvalue weighted by Crippen LogP contribution is -2.23. The van der Waals surface area contributed by atoms with Gasteiger partial charge in [-0.05, 0) is 6.07 Å². The number of amides is 1. The van der Waals surface area contributed by atoms with Gasteiger partial charge in [0.1, 0.15) is 11.3 Å². The molecule has 5 nitrogen and oxygen atoms in total. The van der Waals surface area contributed by atoms with Crippen LogP contribution in [0.3, 0.4) is 0 Å². The lowest BCUT2D eigenvalue weighted by atomic mass is 10.1. The fourth-order valence-corrected chi connectivity index (χ4v) is 1.70. The zero-order valence-corrected chi connectivity index (χ0v) is 11.4. The van der Waals surface area contributed by atoms with Gasteiger partial charge in [0, 0.05) is 20.0 Å². The van der Waals surface area contributed by atoms with E-state index < -0.39 is 5.97 Å². The molecule has 1 amide bonds. The summed E-state index contributed by atoms with van der Waals surface area (Å²) < 4.78 is 9.72. The first-order chi connectivity index (χ1) is 8.42. The number of rotatable bonds is 3. The van der Waals surface area contributed by atoms with E-state index in [1.165, 1.54) is 38.2 Å². The Hall–Kier alpha value is -1.75. The van der Waals surface area contributed by atoms with Crippen LogP contribution in [0.15, 0.2) is 12.1 Å². The van der Waals surface area contributed by atoms with Gasteiger partial charge in [0.2, 0.25) is 5.91 Å². The van der Waals surface area contributed by atoms with Crippen molar-refractivity contribution < 1.29 is 19.1 Å². The fraction of sp³-hybridized carbons (Fsp3) is 0.333. The van der Waals surface area contributed by atoms with Gasteiger partial charge in [-0.1, -0.05) is 11.6 Å².